The summed E-state index contributed by atoms with van der Waals surface area (Å²) in [5.74, 6) is 0. The van der Waals surface area contributed by atoms with E-state index in [1.54, 1.807) is 10.4 Å². The van der Waals surface area contributed by atoms with Gasteiger partial charge in [0.2, 0.25) is 0 Å². The van der Waals surface area contributed by atoms with Crippen LogP contribution in [0.25, 0.3) is 21.5 Å². The van der Waals surface area contributed by atoms with Gasteiger partial charge in [-0.1, -0.05) is 38.1 Å². The fourth-order valence-electron chi connectivity index (χ4n) is 4.09. The van der Waals surface area contributed by atoms with Crippen LogP contribution < -0.4 is 35.2 Å². The van der Waals surface area contributed by atoms with Crippen molar-refractivity contribution in [3.8, 4) is 0 Å². The zero-order valence-electron chi connectivity index (χ0n) is 15.1. The van der Waals surface area contributed by atoms with Crippen LogP contribution in [-0.4, -0.2) is 8.07 Å². The van der Waals surface area contributed by atoms with E-state index in [4.69, 9.17) is 0 Å². The van der Waals surface area contributed by atoms with E-state index in [-0.39, 0.29) is 46.5 Å². The predicted octanol–water partition coefficient (Wildman–Crippen LogP) is -0.961. The second-order valence-corrected chi connectivity index (χ2v) is 11.3. The molecular formula is C22H22Cl2SiTi. The van der Waals surface area contributed by atoms with Gasteiger partial charge in [-0.3, -0.25) is 0 Å². The zero-order valence-corrected chi connectivity index (χ0v) is 19.2. The van der Waals surface area contributed by atoms with Gasteiger partial charge in [0.1, 0.15) is 0 Å². The van der Waals surface area contributed by atoms with Crippen molar-refractivity contribution < 1.29 is 46.5 Å². The molecule has 4 aromatic rings. The third-order valence-electron chi connectivity index (χ3n) is 5.55. The van der Waals surface area contributed by atoms with Gasteiger partial charge in [-0.15, -0.1) is 69.7 Å². The van der Waals surface area contributed by atoms with Gasteiger partial charge < -0.3 is 24.8 Å². The van der Waals surface area contributed by atoms with Gasteiger partial charge in [-0.2, -0.15) is 22.9 Å². The van der Waals surface area contributed by atoms with Crippen LogP contribution in [-0.2, 0) is 21.7 Å². The summed E-state index contributed by atoms with van der Waals surface area (Å²) in [6.45, 7) is 4.76. The van der Waals surface area contributed by atoms with E-state index in [1.165, 1.54) is 33.6 Å². The minimum absolute atomic E-state index is 0. The van der Waals surface area contributed by atoms with Crippen LogP contribution in [0, 0.1) is 0 Å². The first kappa shape index (κ1) is 23.2. The summed E-state index contributed by atoms with van der Waals surface area (Å²) in [5, 5.41) is 8.74. The average Bonchev–Trinajstić information content (AvgIpc) is 3.21. The first-order valence-corrected chi connectivity index (χ1v) is 11.0. The fraction of sp³-hybridized carbons (Fsp3) is 0.182. The van der Waals surface area contributed by atoms with Crippen LogP contribution in [0.4, 0.5) is 0 Å². The summed E-state index contributed by atoms with van der Waals surface area (Å²) >= 11 is 0. The van der Waals surface area contributed by atoms with Crippen molar-refractivity contribution in [2.75, 3.05) is 0 Å². The van der Waals surface area contributed by atoms with Gasteiger partial charge in [-0.25, -0.2) is 0 Å². The fourth-order valence-corrected chi connectivity index (χ4v) is 8.28. The van der Waals surface area contributed by atoms with Crippen molar-refractivity contribution in [1.82, 2.24) is 0 Å². The Balaban J connectivity index is 0.00000113. The molecule has 0 radical (unpaired) electrons. The van der Waals surface area contributed by atoms with Crippen molar-refractivity contribution in [1.29, 1.82) is 0 Å². The normalized spacial score (nSPS) is 10.8. The van der Waals surface area contributed by atoms with E-state index in [9.17, 15) is 0 Å². The van der Waals surface area contributed by atoms with Crippen LogP contribution in [0.3, 0.4) is 0 Å². The molecule has 4 rings (SSSR count). The summed E-state index contributed by atoms with van der Waals surface area (Å²) in [5.41, 5.74) is 0. The summed E-state index contributed by atoms with van der Waals surface area (Å²) in [6, 6.07) is 29.9. The van der Waals surface area contributed by atoms with Crippen molar-refractivity contribution in [3.05, 3.63) is 72.8 Å². The van der Waals surface area contributed by atoms with Crippen LogP contribution in [0.5, 0.6) is 0 Å². The number of fused-ring (bicyclic) bond motifs is 2. The molecular weight excluding hydrogens is 411 g/mol. The molecule has 0 amide bonds. The first-order valence-electron chi connectivity index (χ1n) is 8.59. The average molecular weight is 433 g/mol. The maximum absolute atomic E-state index is 2.45. The summed E-state index contributed by atoms with van der Waals surface area (Å²) in [6.07, 6.45) is 0. The smallest absolute Gasteiger partial charge is 1.00 e. The molecule has 0 nitrogen and oxygen atoms in total. The van der Waals surface area contributed by atoms with E-state index < -0.39 is 8.07 Å². The van der Waals surface area contributed by atoms with E-state index in [0.29, 0.717) is 0 Å². The van der Waals surface area contributed by atoms with Gasteiger partial charge in [0.05, 0.1) is 8.07 Å². The molecule has 0 bridgehead atoms. The molecule has 0 aliphatic carbocycles. The second-order valence-electron chi connectivity index (χ2n) is 6.54. The number of hydrogen-bond donors (Lipinski definition) is 0. The van der Waals surface area contributed by atoms with E-state index in [1.807, 2.05) is 0 Å². The molecule has 4 aromatic carbocycles. The van der Waals surface area contributed by atoms with Crippen LogP contribution >= 0.6 is 0 Å². The summed E-state index contributed by atoms with van der Waals surface area (Å²) in [7, 11) is -1.66. The molecule has 0 spiro atoms. The molecule has 26 heavy (non-hydrogen) atoms. The van der Waals surface area contributed by atoms with Crippen molar-refractivity contribution in [2.45, 2.75) is 25.9 Å². The number of rotatable bonds is 4. The molecule has 0 saturated heterocycles. The monoisotopic (exact) mass is 432 g/mol. The molecule has 4 heteroatoms. The molecule has 0 heterocycles. The van der Waals surface area contributed by atoms with Crippen LogP contribution in [0.2, 0.25) is 12.1 Å². The van der Waals surface area contributed by atoms with E-state index in [0.717, 1.165) is 0 Å². The second kappa shape index (κ2) is 9.39. The largest absolute Gasteiger partial charge is 4.00 e. The Labute approximate surface area is 184 Å². The summed E-state index contributed by atoms with van der Waals surface area (Å²) < 4.78 is 0. The van der Waals surface area contributed by atoms with Crippen molar-refractivity contribution in [3.63, 3.8) is 0 Å². The Kier molecular flexibility index (Phi) is 8.38. The molecule has 0 unspecified atom stereocenters. The molecule has 0 aliphatic rings. The first-order chi connectivity index (χ1) is 11.3. The predicted molar refractivity (Wildman–Crippen MR) is 105 cm³/mol. The molecule has 0 fully saturated rings. The van der Waals surface area contributed by atoms with Crippen LogP contribution in [0.15, 0.2) is 72.8 Å². The van der Waals surface area contributed by atoms with Gasteiger partial charge in [0.25, 0.3) is 0 Å². The quantitative estimate of drug-likeness (QED) is 0.288. The Morgan fingerprint density at radius 3 is 1.42 bits per heavy atom. The molecule has 132 valence electrons. The SMILES string of the molecule is CC[Si](CC)(c1cc2ccccc2[cH-]1)c1cc2ccccc2[cH-]1.[Cl-].[Cl-].[Ti+4]. The standard InChI is InChI=1S/C22H22Si.2ClH.Ti/c1-3-23(4-2,21-13-17-9-5-6-10-18(17)14-21)22-15-19-11-7-8-12-20(19)16-22;;;/h5-16H,3-4H2,1-2H3;2*1H;/q-2;;;+4/p-2. The van der Waals surface area contributed by atoms with E-state index >= 15 is 0 Å². The van der Waals surface area contributed by atoms with Gasteiger partial charge in [-0.05, 0) is 0 Å². The van der Waals surface area contributed by atoms with Crippen molar-refractivity contribution >= 4 is 40.0 Å². The molecule has 0 aromatic heterocycles. The molecule has 0 saturated carbocycles. The van der Waals surface area contributed by atoms with Gasteiger partial charge in [0.15, 0.2) is 0 Å². The summed E-state index contributed by atoms with van der Waals surface area (Å²) in [4.78, 5) is 0. The Morgan fingerprint density at radius 1 is 0.692 bits per heavy atom. The maximum atomic E-state index is 2.45. The molecule has 0 N–H and O–H groups in total. The van der Waals surface area contributed by atoms with Gasteiger partial charge >= 0.3 is 21.7 Å². The minimum Gasteiger partial charge on any atom is -1.00 e. The maximum Gasteiger partial charge on any atom is 4.00 e. The Hall–Kier alpha value is -0.829. The topological polar surface area (TPSA) is 0 Å². The number of hydrogen-bond acceptors (Lipinski definition) is 0. The minimum atomic E-state index is -1.66. The third kappa shape index (κ3) is 3.74. The van der Waals surface area contributed by atoms with Crippen molar-refractivity contribution in [2.24, 2.45) is 0 Å². The number of benzene rings is 2. The molecule has 0 aliphatic heterocycles. The van der Waals surface area contributed by atoms with E-state index in [2.05, 4.69) is 86.6 Å². The van der Waals surface area contributed by atoms with Gasteiger partial charge in [0, 0.05) is 0 Å². The molecule has 0 atom stereocenters. The number of halogens is 2. The Bertz CT molecular complexity index is 824. The zero-order chi connectivity index (χ0) is 15.9. The van der Waals surface area contributed by atoms with Crippen LogP contribution in [0.1, 0.15) is 13.8 Å². The Morgan fingerprint density at radius 2 is 1.08 bits per heavy atom. The third-order valence-corrected chi connectivity index (χ3v) is 10.8.